The topological polar surface area (TPSA) is 55.6 Å². The highest BCUT2D eigenvalue weighted by Crippen LogP contribution is 2.21. The van der Waals surface area contributed by atoms with Gasteiger partial charge < -0.3 is 15.4 Å². The first-order valence-electron chi connectivity index (χ1n) is 6.48. The van der Waals surface area contributed by atoms with Gasteiger partial charge in [0.05, 0.1) is 13.0 Å². The number of hydrogen-bond donors (Lipinski definition) is 1. The average molecular weight is 280 g/mol. The van der Waals surface area contributed by atoms with Gasteiger partial charge in [-0.25, -0.2) is 0 Å². The minimum absolute atomic E-state index is 0.156. The molecule has 1 aliphatic rings. The summed E-state index contributed by atoms with van der Waals surface area (Å²) in [6.45, 7) is 0.410. The van der Waals surface area contributed by atoms with Gasteiger partial charge >= 0.3 is 0 Å². The van der Waals surface area contributed by atoms with Crippen LogP contribution in [0.5, 0.6) is 5.75 Å². The summed E-state index contributed by atoms with van der Waals surface area (Å²) in [5, 5.41) is 0. The van der Waals surface area contributed by atoms with Crippen molar-refractivity contribution in [2.45, 2.75) is 18.9 Å². The highest BCUT2D eigenvalue weighted by Gasteiger charge is 2.23. The molecule has 0 spiro atoms. The number of rotatable bonds is 5. The third-order valence-electron chi connectivity index (χ3n) is 3.31. The van der Waals surface area contributed by atoms with Crippen LogP contribution < -0.4 is 10.5 Å². The van der Waals surface area contributed by atoms with Crippen molar-refractivity contribution >= 4 is 23.4 Å². The van der Waals surface area contributed by atoms with Crippen LogP contribution in [0.25, 0.3) is 0 Å². The van der Waals surface area contributed by atoms with Crippen LogP contribution >= 0.6 is 11.8 Å². The lowest BCUT2D eigenvalue weighted by molar-refractivity contribution is -0.132. The first-order valence-corrected chi connectivity index (χ1v) is 7.64. The Morgan fingerprint density at radius 3 is 2.84 bits per heavy atom. The molecule has 2 rings (SSSR count). The molecule has 1 amide bonds. The van der Waals surface area contributed by atoms with E-state index < -0.39 is 0 Å². The number of nitrogens with zero attached hydrogens (tertiary/aromatic N) is 1. The van der Waals surface area contributed by atoms with Gasteiger partial charge in [0, 0.05) is 24.5 Å². The number of benzene rings is 1. The molecule has 0 bridgehead atoms. The van der Waals surface area contributed by atoms with E-state index in [0.29, 0.717) is 24.8 Å². The first-order chi connectivity index (χ1) is 9.16. The number of hydrogen-bond acceptors (Lipinski definition) is 4. The van der Waals surface area contributed by atoms with Crippen molar-refractivity contribution in [3.63, 3.8) is 0 Å². The van der Waals surface area contributed by atoms with Crippen LogP contribution in [0.4, 0.5) is 5.69 Å². The molecule has 5 heteroatoms. The van der Waals surface area contributed by atoms with E-state index in [4.69, 9.17) is 10.5 Å². The quantitative estimate of drug-likeness (QED) is 0.838. The molecule has 1 aromatic rings. The van der Waals surface area contributed by atoms with Crippen LogP contribution in [0, 0.1) is 0 Å². The second kappa shape index (κ2) is 6.70. The molecule has 1 atom stereocenters. The Balaban J connectivity index is 1.72. The maximum absolute atomic E-state index is 12.0. The number of ether oxygens (including phenoxy) is 1. The highest BCUT2D eigenvalue weighted by molar-refractivity contribution is 7.99. The minimum Gasteiger partial charge on any atom is -0.493 e. The first kappa shape index (κ1) is 14.1. The Hall–Kier alpha value is -1.36. The zero-order valence-electron chi connectivity index (χ0n) is 11.2. The standard InChI is InChI=1S/C14H20N2O2S/c1-16(12-7-9-19-10-12)14(17)6-8-18-13-4-2-11(15)3-5-13/h2-5,12H,6-10,15H2,1H3. The van der Waals surface area contributed by atoms with Gasteiger partial charge in [-0.05, 0) is 36.4 Å². The van der Waals surface area contributed by atoms with Crippen molar-refractivity contribution in [3.05, 3.63) is 24.3 Å². The van der Waals surface area contributed by atoms with Crippen LogP contribution in [0.15, 0.2) is 24.3 Å². The lowest BCUT2D eigenvalue weighted by Gasteiger charge is -2.23. The number of amides is 1. The molecule has 0 saturated carbocycles. The zero-order chi connectivity index (χ0) is 13.7. The lowest BCUT2D eigenvalue weighted by Crippen LogP contribution is -2.37. The number of nitrogen functional groups attached to an aromatic ring is 1. The molecule has 0 aromatic heterocycles. The van der Waals surface area contributed by atoms with Crippen molar-refractivity contribution in [2.75, 3.05) is 30.9 Å². The fourth-order valence-corrected chi connectivity index (χ4v) is 3.30. The van der Waals surface area contributed by atoms with E-state index in [1.165, 1.54) is 0 Å². The molecule has 1 unspecified atom stereocenters. The molecule has 104 valence electrons. The van der Waals surface area contributed by atoms with Gasteiger partial charge in [-0.3, -0.25) is 4.79 Å². The summed E-state index contributed by atoms with van der Waals surface area (Å²) in [6, 6.07) is 7.61. The largest absolute Gasteiger partial charge is 0.493 e. The zero-order valence-corrected chi connectivity index (χ0v) is 12.0. The number of carbonyl (C=O) groups is 1. The van der Waals surface area contributed by atoms with Crippen LogP contribution in [0.3, 0.4) is 0 Å². The van der Waals surface area contributed by atoms with Gasteiger partial charge in [0.25, 0.3) is 0 Å². The molecule has 0 radical (unpaired) electrons. The van der Waals surface area contributed by atoms with Crippen LogP contribution in [0.1, 0.15) is 12.8 Å². The normalized spacial score (nSPS) is 18.3. The minimum atomic E-state index is 0.156. The summed E-state index contributed by atoms with van der Waals surface area (Å²) in [5.74, 6) is 3.12. The van der Waals surface area contributed by atoms with Gasteiger partial charge in [0.2, 0.25) is 5.91 Å². The third kappa shape index (κ3) is 4.06. The summed E-state index contributed by atoms with van der Waals surface area (Å²) in [6.07, 6.45) is 1.52. The second-order valence-corrected chi connectivity index (χ2v) is 5.84. The smallest absolute Gasteiger partial charge is 0.226 e. The van der Waals surface area contributed by atoms with E-state index in [9.17, 15) is 4.79 Å². The number of thioether (sulfide) groups is 1. The highest BCUT2D eigenvalue weighted by atomic mass is 32.2. The molecule has 0 aliphatic carbocycles. The van der Waals surface area contributed by atoms with Gasteiger partial charge in [-0.1, -0.05) is 0 Å². The van der Waals surface area contributed by atoms with Crippen molar-refractivity contribution in [2.24, 2.45) is 0 Å². The molecule has 1 saturated heterocycles. The summed E-state index contributed by atoms with van der Waals surface area (Å²) < 4.78 is 5.54. The number of anilines is 1. The number of nitrogens with two attached hydrogens (primary N) is 1. The van der Waals surface area contributed by atoms with E-state index in [1.807, 2.05) is 35.8 Å². The Labute approximate surface area is 118 Å². The molecule has 4 nitrogen and oxygen atoms in total. The molecular weight excluding hydrogens is 260 g/mol. The summed E-state index contributed by atoms with van der Waals surface area (Å²) in [4.78, 5) is 13.9. The SMILES string of the molecule is CN(C(=O)CCOc1ccc(N)cc1)C1CCSC1. The van der Waals surface area contributed by atoms with E-state index >= 15 is 0 Å². The molecule has 2 N–H and O–H groups in total. The fourth-order valence-electron chi connectivity index (χ4n) is 2.03. The maximum Gasteiger partial charge on any atom is 0.226 e. The Bertz CT molecular complexity index is 416. The van der Waals surface area contributed by atoms with Gasteiger partial charge in [0.15, 0.2) is 0 Å². The molecule has 1 aliphatic heterocycles. The van der Waals surface area contributed by atoms with Crippen LogP contribution in [-0.2, 0) is 4.79 Å². The molecular formula is C14H20N2O2S. The van der Waals surface area contributed by atoms with Crippen LogP contribution in [0.2, 0.25) is 0 Å². The molecule has 1 fully saturated rings. The fraction of sp³-hybridized carbons (Fsp3) is 0.500. The summed E-state index contributed by atoms with van der Waals surface area (Å²) in [7, 11) is 1.89. The predicted molar refractivity (Wildman–Crippen MR) is 79.5 cm³/mol. The van der Waals surface area contributed by atoms with Crippen molar-refractivity contribution < 1.29 is 9.53 Å². The Kier molecular flexibility index (Phi) is 4.96. The van der Waals surface area contributed by atoms with Crippen molar-refractivity contribution in [1.82, 2.24) is 4.90 Å². The molecule has 19 heavy (non-hydrogen) atoms. The third-order valence-corrected chi connectivity index (χ3v) is 4.46. The average Bonchev–Trinajstić information content (AvgIpc) is 2.94. The predicted octanol–water partition coefficient (Wildman–Crippen LogP) is 2.00. The van der Waals surface area contributed by atoms with E-state index in [1.54, 1.807) is 12.1 Å². The van der Waals surface area contributed by atoms with Crippen molar-refractivity contribution in [1.29, 1.82) is 0 Å². The number of carbonyl (C=O) groups excluding carboxylic acids is 1. The maximum atomic E-state index is 12.0. The molecule has 1 aromatic carbocycles. The van der Waals surface area contributed by atoms with Crippen molar-refractivity contribution in [3.8, 4) is 5.75 Å². The van der Waals surface area contributed by atoms with Gasteiger partial charge in [-0.15, -0.1) is 0 Å². The monoisotopic (exact) mass is 280 g/mol. The lowest BCUT2D eigenvalue weighted by atomic mass is 10.2. The summed E-state index contributed by atoms with van der Waals surface area (Å²) in [5.41, 5.74) is 6.30. The van der Waals surface area contributed by atoms with E-state index in [2.05, 4.69) is 0 Å². The van der Waals surface area contributed by atoms with Crippen LogP contribution in [-0.4, -0.2) is 42.0 Å². The van der Waals surface area contributed by atoms with E-state index in [0.717, 1.165) is 23.7 Å². The van der Waals surface area contributed by atoms with Gasteiger partial charge in [-0.2, -0.15) is 11.8 Å². The summed E-state index contributed by atoms with van der Waals surface area (Å²) >= 11 is 1.91. The Morgan fingerprint density at radius 1 is 1.47 bits per heavy atom. The van der Waals surface area contributed by atoms with E-state index in [-0.39, 0.29) is 5.91 Å². The Morgan fingerprint density at radius 2 is 2.21 bits per heavy atom. The second-order valence-electron chi connectivity index (χ2n) is 4.69. The molecule has 1 heterocycles. The van der Waals surface area contributed by atoms with Gasteiger partial charge in [0.1, 0.15) is 5.75 Å².